The number of hydrogen-bond donors (Lipinski definition) is 0. The van der Waals surface area contributed by atoms with E-state index < -0.39 is 0 Å². The number of aryl methyl sites for hydroxylation is 1. The van der Waals surface area contributed by atoms with E-state index >= 15 is 0 Å². The van der Waals surface area contributed by atoms with E-state index in [1.165, 1.54) is 0 Å². The zero-order chi connectivity index (χ0) is 13.9. The van der Waals surface area contributed by atoms with Crippen molar-refractivity contribution >= 4 is 16.6 Å². The molecule has 5 heteroatoms. The van der Waals surface area contributed by atoms with Gasteiger partial charge < -0.3 is 9.30 Å². The summed E-state index contributed by atoms with van der Waals surface area (Å²) in [5, 5.41) is 12.0. The van der Waals surface area contributed by atoms with Gasteiger partial charge in [0.2, 0.25) is 0 Å². The van der Waals surface area contributed by atoms with Crippen molar-refractivity contribution in [2.45, 2.75) is 38.3 Å². The molecule has 2 heterocycles. The molecule has 1 aliphatic rings. The third-order valence-corrected chi connectivity index (χ3v) is 3.91. The molecule has 1 aliphatic heterocycles. The van der Waals surface area contributed by atoms with Crippen LogP contribution < -0.4 is 0 Å². The maximum atomic E-state index is 11.1. The number of benzene rings is 1. The van der Waals surface area contributed by atoms with Crippen molar-refractivity contribution in [3.8, 4) is 0 Å². The van der Waals surface area contributed by atoms with Crippen LogP contribution in [0.2, 0.25) is 0 Å². The van der Waals surface area contributed by atoms with Crippen LogP contribution in [0.25, 0.3) is 10.9 Å². The van der Waals surface area contributed by atoms with Crippen molar-refractivity contribution in [1.29, 1.82) is 0 Å². The van der Waals surface area contributed by atoms with Crippen LogP contribution in [0.4, 0.5) is 5.69 Å². The Labute approximate surface area is 117 Å². The average Bonchev–Trinajstić information content (AvgIpc) is 3.08. The Kier molecular flexibility index (Phi) is 3.69. The maximum Gasteiger partial charge on any atom is 0.293 e. The standard InChI is InChI=1S/C15H18N2O3/c18-17(19)14-7-1-4-12-8-10-16(15(12)14)9-2-5-13-6-3-11-20-13/h1,4,7-8,10,13H,2-3,5-6,9,11H2. The molecule has 3 rings (SSSR count). The van der Waals surface area contributed by atoms with Crippen LogP contribution in [0.1, 0.15) is 25.7 Å². The Morgan fingerprint density at radius 2 is 2.30 bits per heavy atom. The molecule has 2 aromatic rings. The van der Waals surface area contributed by atoms with E-state index in [1.54, 1.807) is 12.1 Å². The fourth-order valence-corrected chi connectivity index (χ4v) is 2.94. The second-order valence-corrected chi connectivity index (χ2v) is 5.26. The van der Waals surface area contributed by atoms with Crippen LogP contribution in [0.15, 0.2) is 30.5 Å². The minimum absolute atomic E-state index is 0.185. The summed E-state index contributed by atoms with van der Waals surface area (Å²) in [7, 11) is 0. The van der Waals surface area contributed by atoms with Crippen LogP contribution >= 0.6 is 0 Å². The number of nitrogens with zero attached hydrogens (tertiary/aromatic N) is 2. The van der Waals surface area contributed by atoms with Gasteiger partial charge in [-0.05, 0) is 31.7 Å². The second-order valence-electron chi connectivity index (χ2n) is 5.26. The van der Waals surface area contributed by atoms with Gasteiger partial charge in [0.15, 0.2) is 0 Å². The molecule has 0 radical (unpaired) electrons. The van der Waals surface area contributed by atoms with Gasteiger partial charge in [-0.2, -0.15) is 0 Å². The maximum absolute atomic E-state index is 11.1. The third kappa shape index (κ3) is 2.54. The van der Waals surface area contributed by atoms with E-state index in [-0.39, 0.29) is 10.6 Å². The van der Waals surface area contributed by atoms with Gasteiger partial charge in [0, 0.05) is 30.8 Å². The second kappa shape index (κ2) is 5.63. The van der Waals surface area contributed by atoms with Crippen LogP contribution in [-0.2, 0) is 11.3 Å². The summed E-state index contributed by atoms with van der Waals surface area (Å²) in [6.07, 6.45) is 6.63. The van der Waals surface area contributed by atoms with Crippen molar-refractivity contribution in [3.05, 3.63) is 40.6 Å². The normalized spacial score (nSPS) is 18.7. The largest absolute Gasteiger partial charge is 0.378 e. The molecule has 1 fully saturated rings. The number of ether oxygens (including phenoxy) is 1. The van der Waals surface area contributed by atoms with Gasteiger partial charge in [-0.1, -0.05) is 12.1 Å². The number of fused-ring (bicyclic) bond motifs is 1. The SMILES string of the molecule is O=[N+]([O-])c1cccc2ccn(CCCC3CCCO3)c12. The minimum Gasteiger partial charge on any atom is -0.378 e. The van der Waals surface area contributed by atoms with Crippen molar-refractivity contribution in [2.75, 3.05) is 6.61 Å². The molecule has 106 valence electrons. The van der Waals surface area contributed by atoms with Gasteiger partial charge in [0.1, 0.15) is 5.52 Å². The predicted octanol–water partition coefficient (Wildman–Crippen LogP) is 3.51. The highest BCUT2D eigenvalue weighted by molar-refractivity contribution is 5.88. The van der Waals surface area contributed by atoms with Crippen LogP contribution in [0.3, 0.4) is 0 Å². The number of aromatic nitrogens is 1. The van der Waals surface area contributed by atoms with Crippen molar-refractivity contribution in [3.63, 3.8) is 0 Å². The van der Waals surface area contributed by atoms with Gasteiger partial charge in [0.05, 0.1) is 11.0 Å². The molecule has 1 saturated heterocycles. The Morgan fingerprint density at radius 3 is 3.05 bits per heavy atom. The molecule has 1 atom stereocenters. The Balaban J connectivity index is 1.75. The molecule has 1 unspecified atom stereocenters. The lowest BCUT2D eigenvalue weighted by atomic mass is 10.1. The highest BCUT2D eigenvalue weighted by Gasteiger charge is 2.17. The van der Waals surface area contributed by atoms with Crippen molar-refractivity contribution < 1.29 is 9.66 Å². The van der Waals surface area contributed by atoms with E-state index in [9.17, 15) is 10.1 Å². The van der Waals surface area contributed by atoms with Crippen LogP contribution in [0, 0.1) is 10.1 Å². The molecule has 0 bridgehead atoms. The molecular formula is C15H18N2O3. The quantitative estimate of drug-likeness (QED) is 0.619. The Bertz CT molecular complexity index is 615. The number of nitro benzene ring substituents is 1. The van der Waals surface area contributed by atoms with E-state index in [2.05, 4.69) is 0 Å². The molecule has 0 saturated carbocycles. The third-order valence-electron chi connectivity index (χ3n) is 3.91. The van der Waals surface area contributed by atoms with Gasteiger partial charge in [-0.25, -0.2) is 0 Å². The molecule has 0 N–H and O–H groups in total. The molecule has 0 spiro atoms. The number of nitro groups is 1. The molecule has 0 aliphatic carbocycles. The van der Waals surface area contributed by atoms with E-state index in [0.29, 0.717) is 6.10 Å². The lowest BCUT2D eigenvalue weighted by Gasteiger charge is -2.10. The lowest BCUT2D eigenvalue weighted by molar-refractivity contribution is -0.383. The fraction of sp³-hybridized carbons (Fsp3) is 0.467. The van der Waals surface area contributed by atoms with Crippen LogP contribution in [-0.4, -0.2) is 22.2 Å². The summed E-state index contributed by atoms with van der Waals surface area (Å²) in [4.78, 5) is 10.8. The average molecular weight is 274 g/mol. The van der Waals surface area contributed by atoms with Gasteiger partial charge in [0.25, 0.3) is 5.69 Å². The summed E-state index contributed by atoms with van der Waals surface area (Å²) in [6.45, 7) is 1.68. The zero-order valence-corrected chi connectivity index (χ0v) is 11.3. The summed E-state index contributed by atoms with van der Waals surface area (Å²) in [6, 6.07) is 7.16. The van der Waals surface area contributed by atoms with Crippen LogP contribution in [0.5, 0.6) is 0 Å². The first-order chi connectivity index (χ1) is 9.75. The minimum atomic E-state index is -0.307. The van der Waals surface area contributed by atoms with Gasteiger partial charge in [-0.3, -0.25) is 10.1 Å². The molecule has 1 aromatic heterocycles. The highest BCUT2D eigenvalue weighted by atomic mass is 16.6. The lowest BCUT2D eigenvalue weighted by Crippen LogP contribution is -2.07. The molecule has 1 aromatic carbocycles. The first-order valence-electron chi connectivity index (χ1n) is 7.09. The summed E-state index contributed by atoms with van der Waals surface area (Å²) in [5.41, 5.74) is 0.912. The predicted molar refractivity (Wildman–Crippen MR) is 76.8 cm³/mol. The summed E-state index contributed by atoms with van der Waals surface area (Å²) >= 11 is 0. The van der Waals surface area contributed by atoms with E-state index in [1.807, 2.05) is 22.9 Å². The summed E-state index contributed by atoms with van der Waals surface area (Å²) < 4.78 is 7.59. The first kappa shape index (κ1) is 13.1. The number of hydrogen-bond acceptors (Lipinski definition) is 3. The number of non-ortho nitro benzene ring substituents is 1. The van der Waals surface area contributed by atoms with Crippen molar-refractivity contribution in [2.24, 2.45) is 0 Å². The molecule has 0 amide bonds. The number of rotatable bonds is 5. The smallest absolute Gasteiger partial charge is 0.293 e. The summed E-state index contributed by atoms with van der Waals surface area (Å²) in [5.74, 6) is 0. The van der Waals surface area contributed by atoms with Crippen molar-refractivity contribution in [1.82, 2.24) is 4.57 Å². The van der Waals surface area contributed by atoms with E-state index in [4.69, 9.17) is 4.74 Å². The molecule has 20 heavy (non-hydrogen) atoms. The fourth-order valence-electron chi connectivity index (χ4n) is 2.94. The first-order valence-corrected chi connectivity index (χ1v) is 7.09. The molecule has 5 nitrogen and oxygen atoms in total. The Morgan fingerprint density at radius 1 is 1.40 bits per heavy atom. The highest BCUT2D eigenvalue weighted by Crippen LogP contribution is 2.27. The van der Waals surface area contributed by atoms with Gasteiger partial charge in [-0.15, -0.1) is 0 Å². The zero-order valence-electron chi connectivity index (χ0n) is 11.3. The monoisotopic (exact) mass is 274 g/mol. The Hall–Kier alpha value is -1.88. The topological polar surface area (TPSA) is 57.3 Å². The number of para-hydroxylation sites is 1. The van der Waals surface area contributed by atoms with E-state index in [0.717, 1.165) is 49.7 Å². The molecular weight excluding hydrogens is 256 g/mol. The van der Waals surface area contributed by atoms with Gasteiger partial charge >= 0.3 is 0 Å².